The molecule has 2 aromatic carbocycles. The van der Waals surface area contributed by atoms with Crippen LogP contribution in [0.2, 0.25) is 0 Å². The molecule has 1 heterocycles. The Bertz CT molecular complexity index is 1130. The zero-order chi connectivity index (χ0) is 23.8. The van der Waals surface area contributed by atoms with E-state index in [1.54, 1.807) is 24.3 Å². The molecule has 34 heavy (non-hydrogen) atoms. The zero-order valence-electron chi connectivity index (χ0n) is 18.2. The minimum Gasteiger partial charge on any atom is -0.454 e. The molecule has 0 aromatic heterocycles. The second-order valence-electron chi connectivity index (χ2n) is 8.91. The Labute approximate surface area is 195 Å². The predicted molar refractivity (Wildman–Crippen MR) is 119 cm³/mol. The third-order valence-corrected chi connectivity index (χ3v) is 6.83. The summed E-state index contributed by atoms with van der Waals surface area (Å²) < 4.78 is 18.3. The molecule has 174 valence electrons. The lowest BCUT2D eigenvalue weighted by Crippen LogP contribution is -2.48. The molecule has 2 bridgehead atoms. The first-order valence-electron chi connectivity index (χ1n) is 11.2. The number of esters is 1. The number of benzene rings is 2. The first kappa shape index (κ1) is 22.0. The zero-order valence-corrected chi connectivity index (χ0v) is 18.2. The van der Waals surface area contributed by atoms with Crippen molar-refractivity contribution in [3.8, 4) is 0 Å². The average Bonchev–Trinajstić information content (AvgIpc) is 3.52. The molecule has 0 radical (unpaired) electrons. The Hall–Kier alpha value is -3.81. The van der Waals surface area contributed by atoms with Crippen LogP contribution < -0.4 is 5.32 Å². The molecule has 2 aromatic rings. The molecule has 3 aliphatic rings. The molecule has 8 heteroatoms. The number of fused-ring (bicyclic) bond motifs is 5. The number of nitrogens with zero attached hydrogens (tertiary/aromatic N) is 1. The number of imide groups is 1. The molecule has 1 saturated heterocycles. The van der Waals surface area contributed by atoms with Gasteiger partial charge in [-0.15, -0.1) is 0 Å². The van der Waals surface area contributed by atoms with Crippen LogP contribution >= 0.6 is 0 Å². The number of hydrogen-bond donors (Lipinski definition) is 1. The van der Waals surface area contributed by atoms with Gasteiger partial charge in [0.15, 0.2) is 6.61 Å². The molecule has 0 spiro atoms. The van der Waals surface area contributed by atoms with Gasteiger partial charge in [-0.1, -0.05) is 42.5 Å². The van der Waals surface area contributed by atoms with Crippen LogP contribution in [0.3, 0.4) is 0 Å². The fraction of sp³-hybridized carbons (Fsp3) is 0.308. The Morgan fingerprint density at radius 3 is 2.21 bits per heavy atom. The van der Waals surface area contributed by atoms with Crippen molar-refractivity contribution in [2.75, 3.05) is 11.9 Å². The number of halogens is 1. The number of amides is 3. The Kier molecular flexibility index (Phi) is 5.73. The van der Waals surface area contributed by atoms with Gasteiger partial charge in [0.05, 0.1) is 11.8 Å². The van der Waals surface area contributed by atoms with E-state index >= 15 is 0 Å². The lowest BCUT2D eigenvalue weighted by molar-refractivity contribution is -0.160. The lowest BCUT2D eigenvalue weighted by atomic mass is 9.85. The van der Waals surface area contributed by atoms with Gasteiger partial charge in [0.2, 0.25) is 11.8 Å². The second-order valence-corrected chi connectivity index (χ2v) is 8.91. The quantitative estimate of drug-likeness (QED) is 0.388. The van der Waals surface area contributed by atoms with Crippen LogP contribution in [0.15, 0.2) is 66.7 Å². The van der Waals surface area contributed by atoms with Gasteiger partial charge in [0.1, 0.15) is 11.9 Å². The summed E-state index contributed by atoms with van der Waals surface area (Å²) in [6.45, 7) is -0.600. The van der Waals surface area contributed by atoms with Gasteiger partial charge in [-0.3, -0.25) is 19.3 Å². The Balaban J connectivity index is 1.31. The van der Waals surface area contributed by atoms with E-state index in [1.165, 1.54) is 24.3 Å². The SMILES string of the molecule is O=C(COC(=O)[C@H](Cc1ccccc1)N1C(=O)[C@@H]2[C@H](C1=O)[C@H]1C=C[C@H]2C1)Nc1ccc(F)cc1. The summed E-state index contributed by atoms with van der Waals surface area (Å²) >= 11 is 0. The molecule has 2 aliphatic carbocycles. The number of nitrogens with one attached hydrogen (secondary N) is 1. The van der Waals surface area contributed by atoms with Crippen molar-refractivity contribution in [3.63, 3.8) is 0 Å². The lowest BCUT2D eigenvalue weighted by Gasteiger charge is -2.26. The van der Waals surface area contributed by atoms with Crippen LogP contribution in [0.1, 0.15) is 12.0 Å². The van der Waals surface area contributed by atoms with Crippen LogP contribution in [-0.2, 0) is 30.3 Å². The van der Waals surface area contributed by atoms with E-state index in [4.69, 9.17) is 4.74 Å². The van der Waals surface area contributed by atoms with Crippen molar-refractivity contribution in [2.24, 2.45) is 23.7 Å². The van der Waals surface area contributed by atoms with Crippen LogP contribution in [0, 0.1) is 29.5 Å². The molecular weight excluding hydrogens is 439 g/mol. The fourth-order valence-corrected chi connectivity index (χ4v) is 5.31. The van der Waals surface area contributed by atoms with Crippen LogP contribution in [0.5, 0.6) is 0 Å². The van der Waals surface area contributed by atoms with Crippen molar-refractivity contribution in [3.05, 3.63) is 78.1 Å². The molecule has 5 atom stereocenters. The number of carbonyl (C=O) groups excluding carboxylic acids is 4. The summed E-state index contributed by atoms with van der Waals surface area (Å²) in [7, 11) is 0. The maximum Gasteiger partial charge on any atom is 0.330 e. The van der Waals surface area contributed by atoms with Crippen molar-refractivity contribution >= 4 is 29.4 Å². The number of ether oxygens (including phenoxy) is 1. The average molecular weight is 462 g/mol. The van der Waals surface area contributed by atoms with Gasteiger partial charge in [-0.25, -0.2) is 9.18 Å². The summed E-state index contributed by atoms with van der Waals surface area (Å²) in [5.41, 5.74) is 1.11. The highest BCUT2D eigenvalue weighted by Gasteiger charge is 2.61. The van der Waals surface area contributed by atoms with Gasteiger partial charge >= 0.3 is 5.97 Å². The first-order valence-corrected chi connectivity index (χ1v) is 11.2. The smallest absolute Gasteiger partial charge is 0.330 e. The minimum atomic E-state index is -1.16. The molecule has 1 aliphatic heterocycles. The summed E-state index contributed by atoms with van der Waals surface area (Å²) in [6.07, 6.45) is 4.87. The summed E-state index contributed by atoms with van der Waals surface area (Å²) in [4.78, 5) is 53.0. The number of allylic oxidation sites excluding steroid dienone is 2. The molecule has 0 unspecified atom stereocenters. The van der Waals surface area contributed by atoms with Gasteiger partial charge in [-0.05, 0) is 48.1 Å². The highest BCUT2D eigenvalue weighted by atomic mass is 19.1. The monoisotopic (exact) mass is 462 g/mol. The van der Waals surface area contributed by atoms with E-state index < -0.39 is 42.2 Å². The number of likely N-dealkylation sites (tertiary alicyclic amines) is 1. The standard InChI is InChI=1S/C26H23FN2O5/c27-18-8-10-19(11-9-18)28-21(30)14-34-26(33)20(12-15-4-2-1-3-5-15)29-24(31)22-16-6-7-17(13-16)23(22)25(29)32/h1-11,16-17,20,22-23H,12-14H2,(H,28,30)/t16-,17-,20-,22-,23+/m0/s1. The van der Waals surface area contributed by atoms with Gasteiger partial charge in [0.25, 0.3) is 5.91 Å². The molecule has 2 fully saturated rings. The molecule has 1 N–H and O–H groups in total. The largest absolute Gasteiger partial charge is 0.454 e. The maximum absolute atomic E-state index is 13.3. The van der Waals surface area contributed by atoms with E-state index in [1.807, 2.05) is 18.2 Å². The molecular formula is C26H23FN2O5. The van der Waals surface area contributed by atoms with Crippen molar-refractivity contribution in [1.29, 1.82) is 0 Å². The summed E-state index contributed by atoms with van der Waals surface area (Å²) in [5, 5.41) is 2.51. The van der Waals surface area contributed by atoms with Gasteiger partial charge < -0.3 is 10.1 Å². The van der Waals surface area contributed by atoms with Crippen molar-refractivity contribution in [1.82, 2.24) is 4.90 Å². The predicted octanol–water partition coefficient (Wildman–Crippen LogP) is 2.73. The van der Waals surface area contributed by atoms with E-state index in [9.17, 15) is 23.6 Å². The van der Waals surface area contributed by atoms with E-state index in [0.717, 1.165) is 16.9 Å². The summed E-state index contributed by atoms with van der Waals surface area (Å²) in [5.74, 6) is -3.40. The van der Waals surface area contributed by atoms with E-state index in [-0.39, 0.29) is 30.1 Å². The topological polar surface area (TPSA) is 92.8 Å². The Morgan fingerprint density at radius 2 is 1.59 bits per heavy atom. The van der Waals surface area contributed by atoms with E-state index in [0.29, 0.717) is 5.69 Å². The third kappa shape index (κ3) is 4.00. The highest BCUT2D eigenvalue weighted by Crippen LogP contribution is 2.53. The molecule has 3 amide bonds. The molecule has 5 rings (SSSR count). The van der Waals surface area contributed by atoms with Crippen molar-refractivity contribution < 1.29 is 28.3 Å². The van der Waals surface area contributed by atoms with Gasteiger partial charge in [0, 0.05) is 12.1 Å². The minimum absolute atomic E-state index is 0.0198. The number of anilines is 1. The molecule has 7 nitrogen and oxygen atoms in total. The third-order valence-electron chi connectivity index (χ3n) is 6.83. The molecule has 1 saturated carbocycles. The number of carbonyl (C=O) groups is 4. The van der Waals surface area contributed by atoms with Crippen LogP contribution in [-0.4, -0.2) is 41.2 Å². The first-order chi connectivity index (χ1) is 16.4. The number of hydrogen-bond acceptors (Lipinski definition) is 5. The fourth-order valence-electron chi connectivity index (χ4n) is 5.31. The second kappa shape index (κ2) is 8.85. The Morgan fingerprint density at radius 1 is 0.971 bits per heavy atom. The summed E-state index contributed by atoms with van der Waals surface area (Å²) in [6, 6.07) is 13.0. The van der Waals surface area contributed by atoms with Gasteiger partial charge in [-0.2, -0.15) is 0 Å². The van der Waals surface area contributed by atoms with Crippen molar-refractivity contribution in [2.45, 2.75) is 18.9 Å². The number of rotatable bonds is 7. The normalized spacial score (nSPS) is 25.4. The maximum atomic E-state index is 13.3. The van der Waals surface area contributed by atoms with E-state index in [2.05, 4.69) is 5.32 Å². The van der Waals surface area contributed by atoms with Crippen LogP contribution in [0.4, 0.5) is 10.1 Å². The highest BCUT2D eigenvalue weighted by molar-refractivity contribution is 6.09. The van der Waals surface area contributed by atoms with Crippen LogP contribution in [0.25, 0.3) is 0 Å².